The number of halogens is 2. The number of hydrogen-bond donors (Lipinski definition) is 2. The van der Waals surface area contributed by atoms with Gasteiger partial charge in [0.05, 0.1) is 19.3 Å². The van der Waals surface area contributed by atoms with Crippen LogP contribution in [0.2, 0.25) is 0 Å². The molecule has 2 atom stereocenters. The predicted octanol–water partition coefficient (Wildman–Crippen LogP) is 3.16. The van der Waals surface area contributed by atoms with Crippen LogP contribution in [-0.4, -0.2) is 63.4 Å². The number of urea groups is 1. The standard InChI is InChI=1S/C24H30F2N4O2/c25-21-7-6-20(14-22(21)26)30-9-8-18(17-30)15-27-24(31)28-16-23(19-4-2-1-3-5-19)29-10-12-32-13-11-29/h1-7,14,18,23H,8-13,15-17H2,(H2,27,28,31). The van der Waals surface area contributed by atoms with Crippen LogP contribution >= 0.6 is 0 Å². The first-order valence-corrected chi connectivity index (χ1v) is 11.2. The zero-order valence-electron chi connectivity index (χ0n) is 18.1. The van der Waals surface area contributed by atoms with Gasteiger partial charge in [0, 0.05) is 51.0 Å². The summed E-state index contributed by atoms with van der Waals surface area (Å²) in [5.74, 6) is -1.41. The van der Waals surface area contributed by atoms with E-state index in [4.69, 9.17) is 4.74 Å². The fraction of sp³-hybridized carbons (Fsp3) is 0.458. The highest BCUT2D eigenvalue weighted by Gasteiger charge is 2.25. The SMILES string of the molecule is O=C(NCC1CCN(c2ccc(F)c(F)c2)C1)NCC(c1ccccc1)N1CCOCC1. The van der Waals surface area contributed by atoms with Crippen LogP contribution in [0.1, 0.15) is 18.0 Å². The van der Waals surface area contributed by atoms with Crippen molar-refractivity contribution < 1.29 is 18.3 Å². The largest absolute Gasteiger partial charge is 0.379 e. The van der Waals surface area contributed by atoms with E-state index in [-0.39, 0.29) is 18.0 Å². The highest BCUT2D eigenvalue weighted by molar-refractivity contribution is 5.73. The predicted molar refractivity (Wildman–Crippen MR) is 120 cm³/mol. The molecule has 2 fully saturated rings. The third-order valence-electron chi connectivity index (χ3n) is 6.23. The molecule has 0 aromatic heterocycles. The molecule has 0 aliphatic carbocycles. The maximum atomic E-state index is 13.5. The average molecular weight is 445 g/mol. The molecule has 2 heterocycles. The van der Waals surface area contributed by atoms with Crippen molar-refractivity contribution in [1.29, 1.82) is 0 Å². The fourth-order valence-electron chi connectivity index (χ4n) is 4.43. The van der Waals surface area contributed by atoms with Crippen LogP contribution in [-0.2, 0) is 4.74 Å². The van der Waals surface area contributed by atoms with Crippen molar-refractivity contribution in [3.05, 3.63) is 65.7 Å². The van der Waals surface area contributed by atoms with Gasteiger partial charge in [-0.1, -0.05) is 30.3 Å². The number of ether oxygens (including phenoxy) is 1. The Morgan fingerprint density at radius 2 is 1.81 bits per heavy atom. The molecular weight excluding hydrogens is 414 g/mol. The molecule has 6 nitrogen and oxygen atoms in total. The normalized spacial score (nSPS) is 20.2. The van der Waals surface area contributed by atoms with E-state index < -0.39 is 11.6 Å². The quantitative estimate of drug-likeness (QED) is 0.689. The number of anilines is 1. The van der Waals surface area contributed by atoms with E-state index in [2.05, 4.69) is 27.7 Å². The monoisotopic (exact) mass is 444 g/mol. The molecular formula is C24H30F2N4O2. The summed E-state index contributed by atoms with van der Waals surface area (Å²) in [6.07, 6.45) is 0.889. The number of carbonyl (C=O) groups is 1. The van der Waals surface area contributed by atoms with Crippen molar-refractivity contribution in [2.24, 2.45) is 5.92 Å². The Labute approximate surface area is 187 Å². The molecule has 2 saturated heterocycles. The molecule has 32 heavy (non-hydrogen) atoms. The molecule has 2 unspecified atom stereocenters. The summed E-state index contributed by atoms with van der Waals surface area (Å²) >= 11 is 0. The van der Waals surface area contributed by atoms with Gasteiger partial charge in [-0.25, -0.2) is 13.6 Å². The lowest BCUT2D eigenvalue weighted by Gasteiger charge is -2.35. The van der Waals surface area contributed by atoms with Gasteiger partial charge in [0.25, 0.3) is 0 Å². The number of benzene rings is 2. The third-order valence-corrected chi connectivity index (χ3v) is 6.23. The lowest BCUT2D eigenvalue weighted by Crippen LogP contribution is -2.46. The van der Waals surface area contributed by atoms with Crippen molar-refractivity contribution >= 4 is 11.7 Å². The van der Waals surface area contributed by atoms with Gasteiger partial charge in [0.1, 0.15) is 0 Å². The fourth-order valence-corrected chi connectivity index (χ4v) is 4.43. The summed E-state index contributed by atoms with van der Waals surface area (Å²) in [5.41, 5.74) is 1.85. The van der Waals surface area contributed by atoms with E-state index in [9.17, 15) is 13.6 Å². The Hall–Kier alpha value is -2.71. The van der Waals surface area contributed by atoms with Crippen molar-refractivity contribution in [1.82, 2.24) is 15.5 Å². The molecule has 2 aromatic rings. The Kier molecular flexibility index (Phi) is 7.55. The van der Waals surface area contributed by atoms with Crippen molar-refractivity contribution in [2.45, 2.75) is 12.5 Å². The van der Waals surface area contributed by atoms with Crippen LogP contribution in [0.4, 0.5) is 19.3 Å². The molecule has 2 aliphatic heterocycles. The minimum absolute atomic E-state index is 0.0983. The molecule has 0 spiro atoms. The number of nitrogens with zero attached hydrogens (tertiary/aromatic N) is 2. The van der Waals surface area contributed by atoms with E-state index >= 15 is 0 Å². The maximum absolute atomic E-state index is 13.5. The number of morpholine rings is 1. The summed E-state index contributed by atoms with van der Waals surface area (Å²) in [6.45, 7) is 5.59. The molecule has 8 heteroatoms. The Bertz CT molecular complexity index is 893. The number of amides is 2. The van der Waals surface area contributed by atoms with Crippen LogP contribution < -0.4 is 15.5 Å². The molecule has 0 saturated carbocycles. The first-order valence-electron chi connectivity index (χ1n) is 11.2. The Morgan fingerprint density at radius 1 is 1.03 bits per heavy atom. The van der Waals surface area contributed by atoms with Gasteiger partial charge in [-0.2, -0.15) is 0 Å². The van der Waals surface area contributed by atoms with E-state index in [0.717, 1.165) is 32.1 Å². The number of carbonyl (C=O) groups excluding carboxylic acids is 1. The average Bonchev–Trinajstić information content (AvgIpc) is 3.30. The van der Waals surface area contributed by atoms with E-state index in [0.29, 0.717) is 38.5 Å². The van der Waals surface area contributed by atoms with Gasteiger partial charge in [-0.15, -0.1) is 0 Å². The van der Waals surface area contributed by atoms with E-state index in [1.54, 1.807) is 6.07 Å². The van der Waals surface area contributed by atoms with E-state index in [1.165, 1.54) is 11.6 Å². The number of rotatable bonds is 7. The molecule has 0 radical (unpaired) electrons. The second kappa shape index (κ2) is 10.7. The van der Waals surface area contributed by atoms with Gasteiger partial charge in [-0.05, 0) is 30.0 Å². The molecule has 4 rings (SSSR count). The summed E-state index contributed by atoms with van der Waals surface area (Å²) in [4.78, 5) is 16.8. The smallest absolute Gasteiger partial charge is 0.314 e. The first kappa shape index (κ1) is 22.5. The number of hydrogen-bond acceptors (Lipinski definition) is 4. The summed E-state index contributed by atoms with van der Waals surface area (Å²) in [7, 11) is 0. The Balaban J connectivity index is 1.25. The topological polar surface area (TPSA) is 56.8 Å². The molecule has 0 bridgehead atoms. The zero-order valence-corrected chi connectivity index (χ0v) is 18.1. The summed E-state index contributed by atoms with van der Waals surface area (Å²) in [5, 5.41) is 5.99. The summed E-state index contributed by atoms with van der Waals surface area (Å²) in [6, 6.07) is 14.1. The van der Waals surface area contributed by atoms with E-state index in [1.807, 2.05) is 23.1 Å². The van der Waals surface area contributed by atoms with Crippen molar-refractivity contribution in [3.63, 3.8) is 0 Å². The van der Waals surface area contributed by atoms with Crippen LogP contribution in [0.25, 0.3) is 0 Å². The molecule has 2 aromatic carbocycles. The zero-order chi connectivity index (χ0) is 22.3. The number of nitrogens with one attached hydrogen (secondary N) is 2. The van der Waals surface area contributed by atoms with Gasteiger partial charge in [0.2, 0.25) is 0 Å². The van der Waals surface area contributed by atoms with Gasteiger partial charge in [-0.3, -0.25) is 4.90 Å². The van der Waals surface area contributed by atoms with Crippen LogP contribution in [0, 0.1) is 17.6 Å². The van der Waals surface area contributed by atoms with Gasteiger partial charge < -0.3 is 20.3 Å². The minimum Gasteiger partial charge on any atom is -0.379 e. The Morgan fingerprint density at radius 3 is 2.56 bits per heavy atom. The second-order valence-electron chi connectivity index (χ2n) is 8.36. The first-order chi connectivity index (χ1) is 15.6. The molecule has 172 valence electrons. The maximum Gasteiger partial charge on any atom is 0.314 e. The van der Waals surface area contributed by atoms with Crippen molar-refractivity contribution in [3.8, 4) is 0 Å². The van der Waals surface area contributed by atoms with Crippen molar-refractivity contribution in [2.75, 3.05) is 57.4 Å². The highest BCUT2D eigenvalue weighted by atomic mass is 19.2. The highest BCUT2D eigenvalue weighted by Crippen LogP contribution is 2.25. The van der Waals surface area contributed by atoms with Gasteiger partial charge in [0.15, 0.2) is 11.6 Å². The molecule has 2 aliphatic rings. The lowest BCUT2D eigenvalue weighted by molar-refractivity contribution is 0.0167. The summed E-state index contributed by atoms with van der Waals surface area (Å²) < 4.78 is 32.2. The van der Waals surface area contributed by atoms with Crippen LogP contribution in [0.3, 0.4) is 0 Å². The van der Waals surface area contributed by atoms with Crippen LogP contribution in [0.15, 0.2) is 48.5 Å². The molecule has 2 amide bonds. The third kappa shape index (κ3) is 5.75. The van der Waals surface area contributed by atoms with Crippen LogP contribution in [0.5, 0.6) is 0 Å². The molecule has 2 N–H and O–H groups in total. The van der Waals surface area contributed by atoms with Gasteiger partial charge >= 0.3 is 6.03 Å². The second-order valence-corrected chi connectivity index (χ2v) is 8.36. The minimum atomic E-state index is -0.839. The lowest BCUT2D eigenvalue weighted by atomic mass is 10.0.